The highest BCUT2D eigenvalue weighted by Gasteiger charge is 2.15. The van der Waals surface area contributed by atoms with Gasteiger partial charge in [-0.2, -0.15) is 4.72 Å². The summed E-state index contributed by atoms with van der Waals surface area (Å²) in [7, 11) is -3.87. The van der Waals surface area contributed by atoms with Gasteiger partial charge < -0.3 is 9.47 Å². The molecule has 0 spiro atoms. The number of nitrogens with one attached hydrogen (secondary N) is 1. The minimum atomic E-state index is -3.87. The molecular formula is C18H17ClFNO4S. The van der Waals surface area contributed by atoms with Gasteiger partial charge in [0.2, 0.25) is 10.0 Å². The summed E-state index contributed by atoms with van der Waals surface area (Å²) in [6, 6.07) is 10.4. The van der Waals surface area contributed by atoms with Crippen molar-refractivity contribution in [3.63, 3.8) is 0 Å². The normalized spacial score (nSPS) is 10.7. The van der Waals surface area contributed by atoms with Crippen LogP contribution in [0.25, 0.3) is 0 Å². The molecule has 0 aliphatic carbocycles. The van der Waals surface area contributed by atoms with Crippen molar-refractivity contribution in [2.75, 3.05) is 19.8 Å². The first-order valence-electron chi connectivity index (χ1n) is 7.69. The van der Waals surface area contributed by atoms with E-state index >= 15 is 0 Å². The van der Waals surface area contributed by atoms with Crippen LogP contribution in [0, 0.1) is 17.7 Å². The second kappa shape index (κ2) is 9.43. The average Bonchev–Trinajstić information content (AvgIpc) is 2.61. The van der Waals surface area contributed by atoms with Crippen LogP contribution in [0.2, 0.25) is 5.02 Å². The first-order valence-corrected chi connectivity index (χ1v) is 9.55. The van der Waals surface area contributed by atoms with Crippen molar-refractivity contribution in [1.82, 2.24) is 4.72 Å². The van der Waals surface area contributed by atoms with Gasteiger partial charge in [-0.15, -0.1) is 0 Å². The Bertz CT molecular complexity index is 922. The van der Waals surface area contributed by atoms with Crippen LogP contribution in [0.5, 0.6) is 11.5 Å². The van der Waals surface area contributed by atoms with Crippen LogP contribution in [0.3, 0.4) is 0 Å². The Morgan fingerprint density at radius 2 is 1.88 bits per heavy atom. The van der Waals surface area contributed by atoms with Gasteiger partial charge >= 0.3 is 0 Å². The fourth-order valence-electron chi connectivity index (χ4n) is 1.92. The molecule has 0 saturated carbocycles. The molecule has 0 atom stereocenters. The van der Waals surface area contributed by atoms with Crippen LogP contribution < -0.4 is 14.2 Å². The first kappa shape index (κ1) is 20.0. The summed E-state index contributed by atoms with van der Waals surface area (Å²) in [5, 5.41) is 0.465. The minimum Gasteiger partial charge on any atom is -0.491 e. The summed E-state index contributed by atoms with van der Waals surface area (Å²) < 4.78 is 50.7. The molecule has 2 rings (SSSR count). The number of benzene rings is 2. The Hall–Kier alpha value is -2.27. The van der Waals surface area contributed by atoms with E-state index < -0.39 is 15.8 Å². The van der Waals surface area contributed by atoms with Gasteiger partial charge in [-0.3, -0.25) is 0 Å². The van der Waals surface area contributed by atoms with Gasteiger partial charge in [0.15, 0.2) is 11.6 Å². The third kappa shape index (κ3) is 5.63. The van der Waals surface area contributed by atoms with E-state index in [-0.39, 0.29) is 30.4 Å². The Morgan fingerprint density at radius 1 is 1.12 bits per heavy atom. The molecule has 2 aromatic rings. The average molecular weight is 398 g/mol. The summed E-state index contributed by atoms with van der Waals surface area (Å²) in [6.45, 7) is 1.92. The predicted octanol–water partition coefficient (Wildman–Crippen LogP) is 3.24. The lowest BCUT2D eigenvalue weighted by molar-refractivity contribution is 0.321. The summed E-state index contributed by atoms with van der Waals surface area (Å²) in [4.78, 5) is -0.201. The lowest BCUT2D eigenvalue weighted by Crippen LogP contribution is -2.24. The van der Waals surface area contributed by atoms with Gasteiger partial charge in [0, 0.05) is 0 Å². The van der Waals surface area contributed by atoms with E-state index in [9.17, 15) is 12.8 Å². The molecule has 1 N–H and O–H groups in total. The Balaban J connectivity index is 1.89. The molecule has 5 nitrogen and oxygen atoms in total. The molecule has 0 heterocycles. The second-order valence-electron chi connectivity index (χ2n) is 4.92. The molecule has 0 amide bonds. The van der Waals surface area contributed by atoms with E-state index in [4.69, 9.17) is 21.1 Å². The quantitative estimate of drug-likeness (QED) is 0.728. The van der Waals surface area contributed by atoms with Gasteiger partial charge in [0.25, 0.3) is 0 Å². The highest BCUT2D eigenvalue weighted by Crippen LogP contribution is 2.23. The van der Waals surface area contributed by atoms with Gasteiger partial charge in [0.05, 0.1) is 23.1 Å². The maximum atomic E-state index is 13.8. The SMILES string of the molecule is CCOc1ccc(S(=O)(=O)NCC#CCOc2ccccc2Cl)cc1F. The van der Waals surface area contributed by atoms with E-state index in [0.717, 1.165) is 6.07 Å². The molecular weight excluding hydrogens is 381 g/mol. The van der Waals surface area contributed by atoms with Gasteiger partial charge in [-0.1, -0.05) is 35.6 Å². The zero-order chi connectivity index (χ0) is 19.0. The Morgan fingerprint density at radius 3 is 2.58 bits per heavy atom. The van der Waals surface area contributed by atoms with Gasteiger partial charge in [-0.25, -0.2) is 12.8 Å². The standard InChI is InChI=1S/C18H17ClFNO4S/c1-2-24-18-10-9-14(13-16(18)20)26(22,23)21-11-5-6-12-25-17-8-4-3-7-15(17)19/h3-4,7-10,13,21H,2,11-12H2,1H3. The molecule has 0 aliphatic heterocycles. The van der Waals surface area contributed by atoms with E-state index in [1.165, 1.54) is 12.1 Å². The number of hydrogen-bond acceptors (Lipinski definition) is 4. The second-order valence-corrected chi connectivity index (χ2v) is 7.10. The summed E-state index contributed by atoms with van der Waals surface area (Å²) >= 11 is 5.93. The molecule has 0 bridgehead atoms. The van der Waals surface area contributed by atoms with Crippen molar-refractivity contribution in [1.29, 1.82) is 0 Å². The number of rotatable bonds is 7. The van der Waals surface area contributed by atoms with E-state index in [2.05, 4.69) is 16.6 Å². The predicted molar refractivity (Wildman–Crippen MR) is 97.5 cm³/mol. The molecule has 0 aliphatic rings. The summed E-state index contributed by atoms with van der Waals surface area (Å²) in [5.74, 6) is 5.05. The van der Waals surface area contributed by atoms with E-state index in [0.29, 0.717) is 10.8 Å². The lowest BCUT2D eigenvalue weighted by Gasteiger charge is -2.07. The van der Waals surface area contributed by atoms with Crippen LogP contribution in [0.4, 0.5) is 4.39 Å². The molecule has 0 saturated heterocycles. The number of para-hydroxylation sites is 1. The van der Waals surface area contributed by atoms with Crippen LogP contribution >= 0.6 is 11.6 Å². The van der Waals surface area contributed by atoms with Crippen molar-refractivity contribution in [2.24, 2.45) is 0 Å². The zero-order valence-electron chi connectivity index (χ0n) is 14.0. The molecule has 0 unspecified atom stereocenters. The molecule has 2 aromatic carbocycles. The number of hydrogen-bond donors (Lipinski definition) is 1. The fourth-order valence-corrected chi connectivity index (χ4v) is 3.05. The Kier molecular flexibility index (Phi) is 7.27. The highest BCUT2D eigenvalue weighted by atomic mass is 35.5. The monoisotopic (exact) mass is 397 g/mol. The molecule has 26 heavy (non-hydrogen) atoms. The smallest absolute Gasteiger partial charge is 0.241 e. The van der Waals surface area contributed by atoms with Crippen LogP contribution in [-0.4, -0.2) is 28.2 Å². The first-order chi connectivity index (χ1) is 12.4. The van der Waals surface area contributed by atoms with Crippen LogP contribution in [0.15, 0.2) is 47.4 Å². The van der Waals surface area contributed by atoms with E-state index in [1.807, 2.05) is 0 Å². The maximum Gasteiger partial charge on any atom is 0.241 e. The van der Waals surface area contributed by atoms with Gasteiger partial charge in [0.1, 0.15) is 12.4 Å². The molecule has 0 aromatic heterocycles. The number of sulfonamides is 1. The molecule has 0 fully saturated rings. The minimum absolute atomic E-state index is 0.00274. The lowest BCUT2D eigenvalue weighted by atomic mass is 10.3. The van der Waals surface area contributed by atoms with Crippen molar-refractivity contribution < 1.29 is 22.3 Å². The largest absolute Gasteiger partial charge is 0.491 e. The maximum absolute atomic E-state index is 13.8. The highest BCUT2D eigenvalue weighted by molar-refractivity contribution is 7.89. The van der Waals surface area contributed by atoms with Crippen molar-refractivity contribution in [3.8, 4) is 23.3 Å². The fraction of sp³-hybridized carbons (Fsp3) is 0.222. The third-order valence-corrected chi connectivity index (χ3v) is 4.84. The van der Waals surface area contributed by atoms with Crippen molar-refractivity contribution in [2.45, 2.75) is 11.8 Å². The molecule has 8 heteroatoms. The molecule has 0 radical (unpaired) electrons. The molecule has 138 valence electrons. The van der Waals surface area contributed by atoms with Crippen molar-refractivity contribution >= 4 is 21.6 Å². The Labute approximate surface area is 157 Å². The van der Waals surface area contributed by atoms with Crippen molar-refractivity contribution in [3.05, 3.63) is 53.3 Å². The zero-order valence-corrected chi connectivity index (χ0v) is 15.5. The van der Waals surface area contributed by atoms with Gasteiger partial charge in [-0.05, 0) is 37.3 Å². The van der Waals surface area contributed by atoms with Crippen LogP contribution in [0.1, 0.15) is 6.92 Å². The number of ether oxygens (including phenoxy) is 2. The number of halogens is 2. The third-order valence-electron chi connectivity index (χ3n) is 3.13. The van der Waals surface area contributed by atoms with E-state index in [1.54, 1.807) is 31.2 Å². The van der Waals surface area contributed by atoms with Crippen LogP contribution in [-0.2, 0) is 10.0 Å². The topological polar surface area (TPSA) is 64.6 Å². The summed E-state index contributed by atoms with van der Waals surface area (Å²) in [5.41, 5.74) is 0. The summed E-state index contributed by atoms with van der Waals surface area (Å²) in [6.07, 6.45) is 0.